The maximum atomic E-state index is 8.08. The third-order valence-corrected chi connectivity index (χ3v) is 4.20. The molecule has 0 saturated carbocycles. The summed E-state index contributed by atoms with van der Waals surface area (Å²) in [5.41, 5.74) is 12.3. The van der Waals surface area contributed by atoms with E-state index in [0.29, 0.717) is 11.8 Å². The summed E-state index contributed by atoms with van der Waals surface area (Å²) in [4.78, 5) is 0. The Morgan fingerprint density at radius 2 is 1.62 bits per heavy atom. The van der Waals surface area contributed by atoms with E-state index in [9.17, 15) is 0 Å². The van der Waals surface area contributed by atoms with Crippen molar-refractivity contribution in [3.63, 3.8) is 0 Å². The number of epoxide rings is 1. The largest absolute Gasteiger partial charge is 0.398 e. The molecule has 1 unspecified atom stereocenters. The van der Waals surface area contributed by atoms with Crippen LogP contribution in [0.3, 0.4) is 0 Å². The molecule has 0 radical (unpaired) electrons. The summed E-state index contributed by atoms with van der Waals surface area (Å²) in [6.07, 6.45) is 0.190. The summed E-state index contributed by atoms with van der Waals surface area (Å²) in [6.45, 7) is 9.96. The van der Waals surface area contributed by atoms with Crippen LogP contribution < -0.4 is 5.73 Å². The maximum Gasteiger partial charge on any atom is 0.104 e. The summed E-state index contributed by atoms with van der Waals surface area (Å²) in [6, 6.07) is 14.7. The van der Waals surface area contributed by atoms with Gasteiger partial charge in [0, 0.05) is 11.3 Å². The molecular formula is C21H29NO2. The van der Waals surface area contributed by atoms with Crippen molar-refractivity contribution in [3.05, 3.63) is 53.6 Å². The van der Waals surface area contributed by atoms with E-state index in [4.69, 9.17) is 10.8 Å². The van der Waals surface area contributed by atoms with E-state index in [1.54, 1.807) is 0 Å². The third-order valence-electron chi connectivity index (χ3n) is 4.20. The Balaban J connectivity index is 0.000000355. The molecule has 24 heavy (non-hydrogen) atoms. The predicted molar refractivity (Wildman–Crippen MR) is 101 cm³/mol. The van der Waals surface area contributed by atoms with Crippen LogP contribution in [0.4, 0.5) is 5.69 Å². The van der Waals surface area contributed by atoms with Gasteiger partial charge in [-0.25, -0.2) is 0 Å². The summed E-state index contributed by atoms with van der Waals surface area (Å²) in [5.74, 6) is 1.02. The molecule has 3 N–H and O–H groups in total. The molecule has 3 heteroatoms. The first-order valence-electron chi connectivity index (χ1n) is 8.65. The molecule has 3 rings (SSSR count). The molecule has 1 heterocycles. The first kappa shape index (κ1) is 18.5. The molecule has 1 saturated heterocycles. The van der Waals surface area contributed by atoms with Crippen molar-refractivity contribution in [2.45, 2.75) is 45.6 Å². The Kier molecular flexibility index (Phi) is 6.41. The maximum absolute atomic E-state index is 8.08. The molecule has 1 aliphatic rings. The summed E-state index contributed by atoms with van der Waals surface area (Å²) in [5, 5.41) is 8.08. The van der Waals surface area contributed by atoms with E-state index in [1.165, 1.54) is 16.7 Å². The van der Waals surface area contributed by atoms with Gasteiger partial charge in [-0.2, -0.15) is 0 Å². The molecule has 0 bridgehead atoms. The second kappa shape index (κ2) is 8.32. The quantitative estimate of drug-likeness (QED) is 0.639. The molecule has 2 aromatic rings. The molecule has 130 valence electrons. The number of hydrogen-bond acceptors (Lipinski definition) is 3. The SMILES string of the molecule is CC(C)c1cccc(-c2ccccc2N)c1C(C)C.OCC1CO1. The zero-order valence-corrected chi connectivity index (χ0v) is 15.1. The number of hydrogen-bond donors (Lipinski definition) is 2. The molecule has 0 aromatic heterocycles. The van der Waals surface area contributed by atoms with Gasteiger partial charge in [0.2, 0.25) is 0 Å². The molecule has 0 spiro atoms. The number of nitrogen functional groups attached to an aromatic ring is 1. The van der Waals surface area contributed by atoms with Crippen LogP contribution >= 0.6 is 0 Å². The minimum atomic E-state index is 0.190. The molecule has 3 nitrogen and oxygen atoms in total. The number of aliphatic hydroxyl groups is 1. The Hall–Kier alpha value is -1.84. The van der Waals surface area contributed by atoms with Crippen molar-refractivity contribution in [3.8, 4) is 11.1 Å². The lowest BCUT2D eigenvalue weighted by molar-refractivity contribution is 0.244. The van der Waals surface area contributed by atoms with Gasteiger partial charge in [0.05, 0.1) is 13.2 Å². The van der Waals surface area contributed by atoms with Crippen molar-refractivity contribution in [1.29, 1.82) is 0 Å². The molecular weight excluding hydrogens is 298 g/mol. The number of aliphatic hydroxyl groups excluding tert-OH is 1. The van der Waals surface area contributed by atoms with Gasteiger partial charge in [-0.3, -0.25) is 0 Å². The Bertz CT molecular complexity index is 661. The molecule has 0 amide bonds. The number of rotatable bonds is 4. The zero-order valence-electron chi connectivity index (χ0n) is 15.1. The van der Waals surface area contributed by atoms with Gasteiger partial charge in [0.15, 0.2) is 0 Å². The van der Waals surface area contributed by atoms with Crippen molar-refractivity contribution in [2.75, 3.05) is 18.9 Å². The summed E-state index contributed by atoms with van der Waals surface area (Å²) >= 11 is 0. The highest BCUT2D eigenvalue weighted by Crippen LogP contribution is 2.37. The number of nitrogens with two attached hydrogens (primary N) is 1. The molecule has 1 fully saturated rings. The monoisotopic (exact) mass is 327 g/mol. The van der Waals surface area contributed by atoms with E-state index in [0.717, 1.165) is 17.9 Å². The Morgan fingerprint density at radius 1 is 1.00 bits per heavy atom. The first-order chi connectivity index (χ1) is 11.5. The summed E-state index contributed by atoms with van der Waals surface area (Å²) < 4.78 is 4.61. The predicted octanol–water partition coefficient (Wildman–Crippen LogP) is 4.56. The zero-order chi connectivity index (χ0) is 17.7. The average molecular weight is 327 g/mol. The van der Waals surface area contributed by atoms with E-state index in [1.807, 2.05) is 12.1 Å². The normalized spacial score (nSPS) is 16.0. The molecule has 2 aromatic carbocycles. The summed E-state index contributed by atoms with van der Waals surface area (Å²) in [7, 11) is 0. The smallest absolute Gasteiger partial charge is 0.104 e. The highest BCUT2D eigenvalue weighted by molar-refractivity contribution is 5.79. The van der Waals surface area contributed by atoms with Gasteiger partial charge >= 0.3 is 0 Å². The van der Waals surface area contributed by atoms with Crippen LogP contribution in [-0.2, 0) is 4.74 Å². The van der Waals surface area contributed by atoms with Crippen LogP contribution in [0.2, 0.25) is 0 Å². The fraction of sp³-hybridized carbons (Fsp3) is 0.429. The third kappa shape index (κ3) is 4.59. The van der Waals surface area contributed by atoms with Gasteiger partial charge in [-0.15, -0.1) is 0 Å². The lowest BCUT2D eigenvalue weighted by atomic mass is 9.84. The number of benzene rings is 2. The van der Waals surface area contributed by atoms with Crippen LogP contribution in [0.15, 0.2) is 42.5 Å². The molecule has 0 aliphatic carbocycles. The minimum Gasteiger partial charge on any atom is -0.398 e. The Morgan fingerprint density at radius 3 is 2.08 bits per heavy atom. The molecule has 1 atom stereocenters. The fourth-order valence-corrected chi connectivity index (χ4v) is 2.88. The van der Waals surface area contributed by atoms with Gasteiger partial charge in [-0.1, -0.05) is 64.1 Å². The van der Waals surface area contributed by atoms with E-state index in [-0.39, 0.29) is 12.7 Å². The topological polar surface area (TPSA) is 58.8 Å². The number of ether oxygens (including phenoxy) is 1. The van der Waals surface area contributed by atoms with Crippen LogP contribution in [0.5, 0.6) is 0 Å². The van der Waals surface area contributed by atoms with E-state index < -0.39 is 0 Å². The van der Waals surface area contributed by atoms with Crippen LogP contribution in [0, 0.1) is 0 Å². The van der Waals surface area contributed by atoms with Gasteiger partial charge < -0.3 is 15.6 Å². The second-order valence-corrected chi connectivity index (χ2v) is 6.84. The fourth-order valence-electron chi connectivity index (χ4n) is 2.88. The van der Waals surface area contributed by atoms with Gasteiger partial charge in [-0.05, 0) is 34.6 Å². The number of anilines is 1. The first-order valence-corrected chi connectivity index (χ1v) is 8.65. The average Bonchev–Trinajstić information content (AvgIpc) is 3.39. The standard InChI is InChI=1S/C18H23N.C3H6O2/c1-12(2)14-9-7-10-16(18(14)13(3)4)15-8-5-6-11-17(15)19;4-1-3-2-5-3/h5-13H,19H2,1-4H3;3-4H,1-2H2. The highest BCUT2D eigenvalue weighted by Gasteiger charge is 2.19. The number of para-hydroxylation sites is 1. The van der Waals surface area contributed by atoms with Gasteiger partial charge in [0.1, 0.15) is 6.10 Å². The lowest BCUT2D eigenvalue weighted by Gasteiger charge is -2.21. The van der Waals surface area contributed by atoms with E-state index in [2.05, 4.69) is 62.8 Å². The van der Waals surface area contributed by atoms with Crippen LogP contribution in [-0.4, -0.2) is 24.4 Å². The minimum absolute atomic E-state index is 0.190. The highest BCUT2D eigenvalue weighted by atomic mass is 16.6. The van der Waals surface area contributed by atoms with Crippen molar-refractivity contribution in [1.82, 2.24) is 0 Å². The Labute approximate surface area is 145 Å². The van der Waals surface area contributed by atoms with Crippen LogP contribution in [0.25, 0.3) is 11.1 Å². The second-order valence-electron chi connectivity index (χ2n) is 6.84. The van der Waals surface area contributed by atoms with Crippen molar-refractivity contribution < 1.29 is 9.84 Å². The van der Waals surface area contributed by atoms with Crippen molar-refractivity contribution >= 4 is 5.69 Å². The van der Waals surface area contributed by atoms with E-state index >= 15 is 0 Å². The molecule has 1 aliphatic heterocycles. The lowest BCUT2D eigenvalue weighted by Crippen LogP contribution is -2.02. The van der Waals surface area contributed by atoms with Gasteiger partial charge in [0.25, 0.3) is 0 Å². The van der Waals surface area contributed by atoms with Crippen molar-refractivity contribution in [2.24, 2.45) is 0 Å². The van der Waals surface area contributed by atoms with Crippen LogP contribution in [0.1, 0.15) is 50.7 Å².